The highest BCUT2D eigenvalue weighted by Crippen LogP contribution is 2.28. The van der Waals surface area contributed by atoms with Crippen molar-refractivity contribution in [1.82, 2.24) is 4.37 Å². The molecule has 0 amide bonds. The topological polar surface area (TPSA) is 12.9 Å². The second kappa shape index (κ2) is 3.83. The Morgan fingerprint density at radius 1 is 1.21 bits per heavy atom. The largest absolute Gasteiger partial charge is 0.191 e. The van der Waals surface area contributed by atoms with Crippen LogP contribution in [0.2, 0.25) is 0 Å². The van der Waals surface area contributed by atoms with E-state index < -0.39 is 0 Å². The first kappa shape index (κ1) is 9.87. The van der Waals surface area contributed by atoms with Crippen LogP contribution in [0.3, 0.4) is 0 Å². The molecule has 0 bridgehead atoms. The second-order valence-electron chi connectivity index (χ2n) is 3.33. The fraction of sp³-hybridized carbons (Fsp3) is 0.182. The van der Waals surface area contributed by atoms with Crippen LogP contribution in [-0.2, 0) is 0 Å². The van der Waals surface area contributed by atoms with E-state index >= 15 is 0 Å². The Labute approximate surface area is 96.1 Å². The van der Waals surface area contributed by atoms with Gasteiger partial charge >= 0.3 is 0 Å². The van der Waals surface area contributed by atoms with Crippen LogP contribution in [-0.4, -0.2) is 4.37 Å². The second-order valence-corrected chi connectivity index (χ2v) is 5.52. The van der Waals surface area contributed by atoms with Gasteiger partial charge in [-0.25, -0.2) is 0 Å². The predicted molar refractivity (Wildman–Crippen MR) is 64.7 cm³/mol. The summed E-state index contributed by atoms with van der Waals surface area (Å²) in [7, 11) is 0. The summed E-state index contributed by atoms with van der Waals surface area (Å²) >= 11 is 4.90. The van der Waals surface area contributed by atoms with Gasteiger partial charge in [0.15, 0.2) is 0 Å². The fourth-order valence-electron chi connectivity index (χ4n) is 1.48. The lowest BCUT2D eigenvalue weighted by atomic mass is 10.0. The summed E-state index contributed by atoms with van der Waals surface area (Å²) in [6.45, 7) is 4.23. The van der Waals surface area contributed by atoms with Crippen molar-refractivity contribution in [2.45, 2.75) is 13.8 Å². The molecule has 0 saturated heterocycles. The number of aryl methyl sites for hydroxylation is 2. The molecular weight excluding hydrogens is 258 g/mol. The number of nitrogens with zero attached hydrogens (tertiary/aromatic N) is 1. The lowest BCUT2D eigenvalue weighted by molar-refractivity contribution is 1.36. The summed E-state index contributed by atoms with van der Waals surface area (Å²) in [5.41, 5.74) is 4.85. The molecule has 0 spiro atoms. The first-order valence-corrected chi connectivity index (χ1v) is 5.93. The van der Waals surface area contributed by atoms with E-state index in [-0.39, 0.29) is 0 Å². The van der Waals surface area contributed by atoms with Crippen molar-refractivity contribution in [2.24, 2.45) is 0 Å². The number of halogens is 1. The highest BCUT2D eigenvalue weighted by atomic mass is 79.9. The molecule has 14 heavy (non-hydrogen) atoms. The molecule has 1 aromatic carbocycles. The lowest BCUT2D eigenvalue weighted by Crippen LogP contribution is -1.83. The molecule has 2 aromatic rings. The van der Waals surface area contributed by atoms with E-state index in [1.165, 1.54) is 28.2 Å². The van der Waals surface area contributed by atoms with Crippen LogP contribution in [0.25, 0.3) is 11.3 Å². The molecule has 3 heteroatoms. The summed E-state index contributed by atoms with van der Waals surface area (Å²) in [5.74, 6) is 0. The van der Waals surface area contributed by atoms with Gasteiger partial charge in [-0.15, -0.1) is 0 Å². The molecule has 1 aromatic heterocycles. The van der Waals surface area contributed by atoms with Crippen LogP contribution in [0.1, 0.15) is 11.1 Å². The standard InChI is InChI=1S/C11H10BrNS/c1-7-3-4-9(8(2)5-7)10-6-11(12)14-13-10/h3-6H,1-2H3. The van der Waals surface area contributed by atoms with Crippen molar-refractivity contribution in [3.8, 4) is 11.3 Å². The average molecular weight is 268 g/mol. The predicted octanol–water partition coefficient (Wildman–Crippen LogP) is 4.19. The lowest BCUT2D eigenvalue weighted by Gasteiger charge is -2.02. The molecule has 0 N–H and O–H groups in total. The Morgan fingerprint density at radius 3 is 2.57 bits per heavy atom. The molecule has 1 nitrogen and oxygen atoms in total. The molecule has 0 aliphatic heterocycles. The fourth-order valence-corrected chi connectivity index (χ4v) is 2.42. The molecule has 0 atom stereocenters. The maximum Gasteiger partial charge on any atom is 0.0911 e. The van der Waals surface area contributed by atoms with E-state index in [1.807, 2.05) is 0 Å². The first-order valence-electron chi connectivity index (χ1n) is 4.36. The molecule has 0 radical (unpaired) electrons. The van der Waals surface area contributed by atoms with Gasteiger partial charge < -0.3 is 0 Å². The van der Waals surface area contributed by atoms with Crippen molar-refractivity contribution in [3.63, 3.8) is 0 Å². The van der Waals surface area contributed by atoms with Crippen LogP contribution in [0.5, 0.6) is 0 Å². The van der Waals surface area contributed by atoms with Gasteiger partial charge in [0.25, 0.3) is 0 Å². The van der Waals surface area contributed by atoms with Crippen molar-refractivity contribution in [1.29, 1.82) is 0 Å². The van der Waals surface area contributed by atoms with E-state index in [9.17, 15) is 0 Å². The minimum absolute atomic E-state index is 1.05. The number of aromatic nitrogens is 1. The Bertz CT molecular complexity index is 462. The Hall–Kier alpha value is -0.670. The highest BCUT2D eigenvalue weighted by Gasteiger charge is 2.05. The average Bonchev–Trinajstić information content (AvgIpc) is 2.51. The van der Waals surface area contributed by atoms with E-state index in [2.05, 4.69) is 58.4 Å². The maximum absolute atomic E-state index is 4.37. The Morgan fingerprint density at radius 2 is 2.00 bits per heavy atom. The SMILES string of the molecule is Cc1ccc(-c2cc(Br)sn2)c(C)c1. The summed E-state index contributed by atoms with van der Waals surface area (Å²) in [5, 5.41) is 0. The van der Waals surface area contributed by atoms with Crippen molar-refractivity contribution in [2.75, 3.05) is 0 Å². The molecule has 0 fully saturated rings. The van der Waals surface area contributed by atoms with Crippen LogP contribution in [0.4, 0.5) is 0 Å². The Kier molecular flexibility index (Phi) is 2.70. The Balaban J connectivity index is 2.52. The summed E-state index contributed by atoms with van der Waals surface area (Å²) < 4.78 is 5.45. The normalized spacial score (nSPS) is 10.5. The van der Waals surface area contributed by atoms with Gasteiger partial charge in [-0.2, -0.15) is 4.37 Å². The molecule has 0 unspecified atom stereocenters. The smallest absolute Gasteiger partial charge is 0.0911 e. The van der Waals surface area contributed by atoms with Crippen molar-refractivity contribution in [3.05, 3.63) is 39.2 Å². The van der Waals surface area contributed by atoms with E-state index in [1.54, 1.807) is 0 Å². The van der Waals surface area contributed by atoms with Gasteiger partial charge in [-0.05, 0) is 52.9 Å². The molecule has 72 valence electrons. The van der Waals surface area contributed by atoms with E-state index in [0.29, 0.717) is 0 Å². The highest BCUT2D eigenvalue weighted by molar-refractivity contribution is 9.11. The molecule has 2 rings (SSSR count). The van der Waals surface area contributed by atoms with Gasteiger partial charge in [0, 0.05) is 5.56 Å². The number of rotatable bonds is 1. The van der Waals surface area contributed by atoms with Gasteiger partial charge in [0.05, 0.1) is 9.48 Å². The molecule has 0 aliphatic carbocycles. The monoisotopic (exact) mass is 267 g/mol. The molecular formula is C11H10BrNS. The summed E-state index contributed by atoms with van der Waals surface area (Å²) in [4.78, 5) is 0. The number of hydrogen-bond acceptors (Lipinski definition) is 2. The van der Waals surface area contributed by atoms with E-state index in [4.69, 9.17) is 0 Å². The van der Waals surface area contributed by atoms with Crippen LogP contribution in [0, 0.1) is 13.8 Å². The van der Waals surface area contributed by atoms with Crippen LogP contribution < -0.4 is 0 Å². The third-order valence-corrected chi connectivity index (χ3v) is 3.38. The van der Waals surface area contributed by atoms with Crippen LogP contribution >= 0.6 is 27.5 Å². The first-order chi connectivity index (χ1) is 6.66. The van der Waals surface area contributed by atoms with Gasteiger partial charge in [0.1, 0.15) is 0 Å². The number of hydrogen-bond donors (Lipinski definition) is 0. The number of benzene rings is 1. The molecule has 0 saturated carbocycles. The summed E-state index contributed by atoms with van der Waals surface area (Å²) in [6.07, 6.45) is 0. The summed E-state index contributed by atoms with van der Waals surface area (Å²) in [6, 6.07) is 8.49. The van der Waals surface area contributed by atoms with E-state index in [0.717, 1.165) is 9.48 Å². The van der Waals surface area contributed by atoms with Crippen molar-refractivity contribution < 1.29 is 0 Å². The third-order valence-electron chi connectivity index (χ3n) is 2.14. The van der Waals surface area contributed by atoms with Gasteiger partial charge in [-0.1, -0.05) is 23.8 Å². The maximum atomic E-state index is 4.37. The minimum Gasteiger partial charge on any atom is -0.191 e. The van der Waals surface area contributed by atoms with Gasteiger partial charge in [0.2, 0.25) is 0 Å². The van der Waals surface area contributed by atoms with Gasteiger partial charge in [-0.3, -0.25) is 0 Å². The van der Waals surface area contributed by atoms with Crippen molar-refractivity contribution >= 4 is 27.5 Å². The zero-order chi connectivity index (χ0) is 10.1. The zero-order valence-corrected chi connectivity index (χ0v) is 10.4. The minimum atomic E-state index is 1.05. The molecule has 1 heterocycles. The quantitative estimate of drug-likeness (QED) is 0.755. The van der Waals surface area contributed by atoms with Crippen LogP contribution in [0.15, 0.2) is 28.1 Å². The third kappa shape index (κ3) is 1.88. The molecule has 0 aliphatic rings. The zero-order valence-electron chi connectivity index (χ0n) is 8.04.